The van der Waals surface area contributed by atoms with Crippen molar-refractivity contribution in [1.82, 2.24) is 47.1 Å². The molecule has 4 aromatic rings. The number of amides is 6. The summed E-state index contributed by atoms with van der Waals surface area (Å²) in [7, 11) is 0. The molecule has 5 heterocycles. The highest BCUT2D eigenvalue weighted by atomic mass is 19.1. The molecule has 418 valence electrons. The fraction of sp³-hybridized carbons (Fsp3) is 0.449. The van der Waals surface area contributed by atoms with E-state index in [0.717, 1.165) is 4.90 Å². The lowest BCUT2D eigenvalue weighted by Gasteiger charge is -2.46. The third-order valence-electron chi connectivity index (χ3n) is 13.9. The van der Waals surface area contributed by atoms with Crippen molar-refractivity contribution in [2.45, 2.75) is 104 Å². The summed E-state index contributed by atoms with van der Waals surface area (Å²) in [6.07, 6.45) is -13.7. The Morgan fingerprint density at radius 2 is 1.41 bits per heavy atom. The predicted molar refractivity (Wildman–Crippen MR) is 269 cm³/mol. The second-order valence-corrected chi connectivity index (χ2v) is 19.1. The minimum absolute atomic E-state index is 0.0658. The largest absolute Gasteiger partial charge is 0.436 e. The summed E-state index contributed by atoms with van der Waals surface area (Å²) in [6, 6.07) is 6.28. The molecule has 2 fully saturated rings. The van der Waals surface area contributed by atoms with Crippen LogP contribution in [0.4, 0.5) is 4.39 Å². The molecule has 15 atom stereocenters. The van der Waals surface area contributed by atoms with Gasteiger partial charge in [0.25, 0.3) is 0 Å². The zero-order valence-corrected chi connectivity index (χ0v) is 41.5. The molecule has 6 amide bonds. The molecule has 28 nitrogen and oxygen atoms in total. The molecule has 1 aromatic heterocycles. The van der Waals surface area contributed by atoms with Crippen LogP contribution in [0.2, 0.25) is 0 Å². The van der Waals surface area contributed by atoms with Crippen molar-refractivity contribution in [3.05, 3.63) is 89.7 Å². The predicted octanol–water partition coefficient (Wildman–Crippen LogP) is -6.67. The Labute approximate surface area is 442 Å². The van der Waals surface area contributed by atoms with Gasteiger partial charge in [0.2, 0.25) is 41.3 Å². The van der Waals surface area contributed by atoms with E-state index >= 15 is 4.79 Å². The highest BCUT2D eigenvalue weighted by molar-refractivity contribution is 5.98. The molecule has 4 aliphatic heterocycles. The lowest BCUT2D eigenvalue weighted by molar-refractivity contribution is -0.260. The number of aromatic nitrogens is 1. The first kappa shape index (κ1) is 56.3. The zero-order chi connectivity index (χ0) is 56.1. The number of benzene rings is 3. The van der Waals surface area contributed by atoms with Gasteiger partial charge in [-0.05, 0) is 41.5 Å². The Morgan fingerprint density at radius 3 is 2.10 bits per heavy atom. The fourth-order valence-corrected chi connectivity index (χ4v) is 9.55. The molecule has 4 aliphatic rings. The van der Waals surface area contributed by atoms with Crippen LogP contribution in [-0.2, 0) is 39.9 Å². The van der Waals surface area contributed by atoms with Crippen molar-refractivity contribution in [2.24, 2.45) is 21.5 Å². The molecule has 78 heavy (non-hydrogen) atoms. The molecule has 5 unspecified atom stereocenters. The standard InChI is InChI=1S/C49H60FN13O15/c1-20(22-6-3-2-4-7-22)33-43(74)56-26(13-21-10-11-30-25(12-21)58-46(77-30)23-8-5-9-24(50)14-23)42(73)61-34(36(67)27-15-54-48(51)59-27)45(76)62-35(44(75)57-28(18-64)41(72)53-17-32(66)60-33)37(68)29-16-55-49(52)63(29)47-40(71)39(70)38(69)31(19-65)78-47/h2-12,14,20,26-29,31,33-40,47,64-65,67-71H,13,15-19H2,1H3,(H2,52,55)(H,53,72)(H,56,74)(H,57,75)(H,60,66)(H,61,73)(H,62,76)(H3,51,54,59)/t20?,26-,27?,28+,29?,31-,33+,34+,35-,36?,37?,38-,39+,40+,47+/m1/s1. The Bertz CT molecular complexity index is 2930. The number of aliphatic hydroxyl groups is 7. The monoisotopic (exact) mass is 1090 g/mol. The molecular weight excluding hydrogens is 1030 g/mol. The van der Waals surface area contributed by atoms with Crippen LogP contribution >= 0.6 is 0 Å². The van der Waals surface area contributed by atoms with Crippen LogP contribution in [0.1, 0.15) is 24.0 Å². The molecule has 0 radical (unpaired) electrons. The summed E-state index contributed by atoms with van der Waals surface area (Å²) < 4.78 is 25.8. The molecule has 29 heteroatoms. The first-order chi connectivity index (χ1) is 37.3. The molecule has 3 aromatic carbocycles. The average molecular weight is 1090 g/mol. The van der Waals surface area contributed by atoms with Gasteiger partial charge in [0, 0.05) is 17.9 Å². The van der Waals surface area contributed by atoms with Gasteiger partial charge in [-0.15, -0.1) is 0 Å². The number of nitrogens with two attached hydrogens (primary N) is 2. The van der Waals surface area contributed by atoms with E-state index in [-0.39, 0.29) is 35.9 Å². The molecule has 0 bridgehead atoms. The van der Waals surface area contributed by atoms with E-state index in [2.05, 4.69) is 52.2 Å². The first-order valence-electron chi connectivity index (χ1n) is 24.7. The Balaban J connectivity index is 1.18. The van der Waals surface area contributed by atoms with Crippen LogP contribution in [0.5, 0.6) is 0 Å². The topological polar surface area (TPSA) is 443 Å². The quantitative estimate of drug-likeness (QED) is 0.0627. The number of carbonyl (C=O) groups excluding carboxylic acids is 6. The van der Waals surface area contributed by atoms with Crippen LogP contribution < -0.4 is 48.7 Å². The molecule has 8 rings (SSSR count). The number of ether oxygens (including phenoxy) is 1. The SMILES string of the molecule is CC(c1ccccc1)[C@@H]1NC(=O)CNC(=O)[C@H](CO)NC(=O)[C@@H](C(O)C2CN=C(N)N2[C@H]2O[C@H](CO)[C@@H](O)[C@H](O)[C@@H]2O)NC(=O)[C@H](C(O)C2CN=C(N)N2)NC(=O)[C@@H](Cc2ccc3oc(-c4cccc(F)c4)nc3c2)NC1=O. The lowest BCUT2D eigenvalue weighted by Crippen LogP contribution is -2.70. The maximum absolute atomic E-state index is 15.0. The Hall–Kier alpha value is -7.90. The number of nitrogens with one attached hydrogen (secondary N) is 7. The van der Waals surface area contributed by atoms with Gasteiger partial charge >= 0.3 is 0 Å². The number of carbonyl (C=O) groups is 6. The summed E-state index contributed by atoms with van der Waals surface area (Å²) in [5, 5.41) is 94.1. The first-order valence-corrected chi connectivity index (χ1v) is 24.7. The molecule has 2 saturated heterocycles. The van der Waals surface area contributed by atoms with Crippen LogP contribution in [0.25, 0.3) is 22.6 Å². The van der Waals surface area contributed by atoms with Crippen LogP contribution in [0, 0.1) is 5.82 Å². The molecule has 0 aliphatic carbocycles. The zero-order valence-electron chi connectivity index (χ0n) is 41.5. The second-order valence-electron chi connectivity index (χ2n) is 19.1. The second kappa shape index (κ2) is 24.2. The van der Waals surface area contributed by atoms with E-state index in [0.29, 0.717) is 16.7 Å². The van der Waals surface area contributed by atoms with E-state index in [1.807, 2.05) is 0 Å². The maximum Gasteiger partial charge on any atom is 0.246 e. The molecular formula is C49H60FN13O15. The van der Waals surface area contributed by atoms with Gasteiger partial charge in [-0.3, -0.25) is 38.8 Å². The Kier molecular flexibility index (Phi) is 17.5. The highest BCUT2D eigenvalue weighted by Crippen LogP contribution is 2.30. The van der Waals surface area contributed by atoms with E-state index in [1.54, 1.807) is 49.4 Å². The number of guanidine groups is 2. The van der Waals surface area contributed by atoms with Crippen molar-refractivity contribution in [3.8, 4) is 11.5 Å². The van der Waals surface area contributed by atoms with E-state index in [9.17, 15) is 64.1 Å². The van der Waals surface area contributed by atoms with Crippen molar-refractivity contribution in [3.63, 3.8) is 0 Å². The number of halogens is 1. The summed E-state index contributed by atoms with van der Waals surface area (Å²) in [5.41, 5.74) is 13.8. The van der Waals surface area contributed by atoms with E-state index in [1.165, 1.54) is 30.3 Å². The van der Waals surface area contributed by atoms with Gasteiger partial charge < -0.3 is 98.5 Å². The van der Waals surface area contributed by atoms with Crippen molar-refractivity contribution in [2.75, 3.05) is 32.8 Å². The third-order valence-corrected chi connectivity index (χ3v) is 13.9. The maximum atomic E-state index is 15.0. The Morgan fingerprint density at radius 1 is 0.718 bits per heavy atom. The minimum Gasteiger partial charge on any atom is -0.436 e. The van der Waals surface area contributed by atoms with Gasteiger partial charge in [-0.25, -0.2) is 9.37 Å². The number of hydrogen-bond donors (Lipinski definition) is 16. The highest BCUT2D eigenvalue weighted by Gasteiger charge is 2.52. The summed E-state index contributed by atoms with van der Waals surface area (Å²) in [6.45, 7) is -1.99. The number of nitrogens with zero attached hydrogens (tertiary/aromatic N) is 4. The summed E-state index contributed by atoms with van der Waals surface area (Å²) >= 11 is 0. The van der Waals surface area contributed by atoms with Crippen LogP contribution in [-0.4, -0.2) is 211 Å². The third kappa shape index (κ3) is 12.3. The molecule has 18 N–H and O–H groups in total. The van der Waals surface area contributed by atoms with Gasteiger partial charge in [-0.2, -0.15) is 0 Å². The van der Waals surface area contributed by atoms with Gasteiger partial charge in [0.1, 0.15) is 78.2 Å². The van der Waals surface area contributed by atoms with Crippen LogP contribution in [0.3, 0.4) is 0 Å². The molecule has 0 spiro atoms. The van der Waals surface area contributed by atoms with Gasteiger partial charge in [0.05, 0.1) is 44.9 Å². The lowest BCUT2D eigenvalue weighted by atomic mass is 9.92. The van der Waals surface area contributed by atoms with Crippen molar-refractivity contribution in [1.29, 1.82) is 0 Å². The molecule has 0 saturated carbocycles. The number of fused-ring (bicyclic) bond motifs is 1. The van der Waals surface area contributed by atoms with Gasteiger partial charge in [-0.1, -0.05) is 49.4 Å². The van der Waals surface area contributed by atoms with Crippen molar-refractivity contribution < 1.29 is 78.1 Å². The average Bonchev–Trinajstić information content (AvgIpc) is 4.27. The summed E-state index contributed by atoms with van der Waals surface area (Å²) in [4.78, 5) is 100. The number of aliphatic hydroxyl groups excluding tert-OH is 7. The summed E-state index contributed by atoms with van der Waals surface area (Å²) in [5.74, 6) is -8.86. The van der Waals surface area contributed by atoms with Crippen molar-refractivity contribution >= 4 is 58.5 Å². The number of rotatable bonds is 12. The van der Waals surface area contributed by atoms with E-state index < -0.39 is 165 Å². The van der Waals surface area contributed by atoms with Gasteiger partial charge in [0.15, 0.2) is 23.7 Å². The minimum atomic E-state index is -2.29. The number of hydrogen-bond acceptors (Lipinski definition) is 22. The smallest absolute Gasteiger partial charge is 0.246 e. The van der Waals surface area contributed by atoms with E-state index in [4.69, 9.17) is 20.6 Å². The number of oxazole rings is 1. The fourth-order valence-electron chi connectivity index (χ4n) is 9.55. The van der Waals surface area contributed by atoms with Crippen LogP contribution in [0.15, 0.2) is 87.2 Å². The normalized spacial score (nSPS) is 30.0. The number of aliphatic imine (C=N–C) groups is 2.